The van der Waals surface area contributed by atoms with Gasteiger partial charge in [-0.2, -0.15) is 23.0 Å². The highest BCUT2D eigenvalue weighted by molar-refractivity contribution is 6.32. The van der Waals surface area contributed by atoms with Crippen LogP contribution in [0.15, 0.2) is 47.7 Å². The van der Waals surface area contributed by atoms with E-state index in [4.69, 9.17) is 16.3 Å². The van der Waals surface area contributed by atoms with E-state index >= 15 is 0 Å². The van der Waals surface area contributed by atoms with E-state index in [2.05, 4.69) is 15.1 Å². The Labute approximate surface area is 147 Å². The highest BCUT2D eigenvalue weighted by Gasteiger charge is 2.32. The highest BCUT2D eigenvalue weighted by Crippen LogP contribution is 2.32. The number of aromatic nitrogens is 4. The summed E-state index contributed by atoms with van der Waals surface area (Å²) in [7, 11) is 0. The minimum Gasteiger partial charge on any atom is -0.423 e. The molecule has 3 aromatic rings. The van der Waals surface area contributed by atoms with E-state index in [1.54, 1.807) is 0 Å². The van der Waals surface area contributed by atoms with Crippen molar-refractivity contribution in [2.24, 2.45) is 0 Å². The summed E-state index contributed by atoms with van der Waals surface area (Å²) in [6.45, 7) is 0. The molecule has 3 rings (SSSR count). The second kappa shape index (κ2) is 6.71. The number of rotatable bonds is 3. The van der Waals surface area contributed by atoms with Gasteiger partial charge in [0.05, 0.1) is 16.8 Å². The molecule has 0 spiro atoms. The van der Waals surface area contributed by atoms with Crippen molar-refractivity contribution in [3.8, 4) is 17.4 Å². The van der Waals surface area contributed by atoms with Gasteiger partial charge < -0.3 is 4.74 Å². The number of nitrogens with zero attached hydrogens (tertiary/aromatic N) is 4. The molecule has 0 amide bonds. The molecule has 0 aliphatic heterocycles. The molecule has 0 bridgehead atoms. The zero-order valence-corrected chi connectivity index (χ0v) is 13.3. The van der Waals surface area contributed by atoms with E-state index < -0.39 is 28.8 Å². The second-order valence-corrected chi connectivity index (χ2v) is 5.27. The number of hydrogen-bond acceptors (Lipinski definition) is 5. The molecule has 134 valence electrons. The lowest BCUT2D eigenvalue weighted by Gasteiger charge is -2.11. The summed E-state index contributed by atoms with van der Waals surface area (Å²) in [6.07, 6.45) is -1.55. The molecule has 0 saturated heterocycles. The van der Waals surface area contributed by atoms with Crippen LogP contribution in [-0.4, -0.2) is 19.7 Å². The minimum absolute atomic E-state index is 0.0975. The van der Waals surface area contributed by atoms with E-state index in [0.29, 0.717) is 16.9 Å². The number of alkyl halides is 3. The molecular weight excluding hydrogens is 380 g/mol. The van der Waals surface area contributed by atoms with Gasteiger partial charge in [0.2, 0.25) is 0 Å². The van der Waals surface area contributed by atoms with Crippen LogP contribution in [0.1, 0.15) is 5.56 Å². The predicted octanol–water partition coefficient (Wildman–Crippen LogP) is 3.63. The monoisotopic (exact) mass is 386 g/mol. The Morgan fingerprint density at radius 3 is 2.42 bits per heavy atom. The van der Waals surface area contributed by atoms with Crippen LogP contribution in [-0.2, 0) is 6.18 Å². The fourth-order valence-corrected chi connectivity index (χ4v) is 2.13. The number of halogens is 5. The summed E-state index contributed by atoms with van der Waals surface area (Å²) in [4.78, 5) is 19.5. The molecule has 2 heterocycles. The number of ether oxygens (including phenoxy) is 1. The summed E-state index contributed by atoms with van der Waals surface area (Å²) in [5.41, 5.74) is -2.87. The van der Waals surface area contributed by atoms with Crippen molar-refractivity contribution in [3.63, 3.8) is 0 Å². The number of benzene rings is 1. The fraction of sp³-hybridized carbons (Fsp3) is 0.0667. The van der Waals surface area contributed by atoms with Gasteiger partial charge in [-0.25, -0.2) is 14.4 Å². The summed E-state index contributed by atoms with van der Waals surface area (Å²) in [5, 5.41) is 3.21. The van der Waals surface area contributed by atoms with Crippen LogP contribution < -0.4 is 10.3 Å². The third-order valence-corrected chi connectivity index (χ3v) is 3.40. The fourth-order valence-electron chi connectivity index (χ4n) is 1.94. The quantitative estimate of drug-likeness (QED) is 0.643. The molecule has 0 fully saturated rings. The van der Waals surface area contributed by atoms with Crippen LogP contribution in [0.25, 0.3) is 5.69 Å². The Hall–Kier alpha value is -3.01. The first-order chi connectivity index (χ1) is 12.3. The molecule has 0 aliphatic carbocycles. The Kier molecular flexibility index (Phi) is 4.60. The topological polar surface area (TPSA) is 69.9 Å². The van der Waals surface area contributed by atoms with Gasteiger partial charge in [-0.1, -0.05) is 11.6 Å². The zero-order chi connectivity index (χ0) is 18.9. The van der Waals surface area contributed by atoms with E-state index in [9.17, 15) is 22.4 Å². The normalized spacial score (nSPS) is 11.4. The van der Waals surface area contributed by atoms with Crippen molar-refractivity contribution >= 4 is 11.6 Å². The Morgan fingerprint density at radius 1 is 1.12 bits per heavy atom. The van der Waals surface area contributed by atoms with Crippen LogP contribution in [0.5, 0.6) is 11.8 Å². The van der Waals surface area contributed by atoms with Gasteiger partial charge in [0, 0.05) is 24.5 Å². The second-order valence-electron chi connectivity index (χ2n) is 4.86. The largest absolute Gasteiger partial charge is 0.423 e. The van der Waals surface area contributed by atoms with Crippen molar-refractivity contribution in [2.45, 2.75) is 6.18 Å². The van der Waals surface area contributed by atoms with Gasteiger partial charge in [0.15, 0.2) is 11.6 Å². The zero-order valence-electron chi connectivity index (χ0n) is 12.5. The lowest BCUT2D eigenvalue weighted by atomic mass is 10.2. The van der Waals surface area contributed by atoms with Gasteiger partial charge in [-0.05, 0) is 12.1 Å². The molecule has 0 unspecified atom stereocenters. The maximum absolute atomic E-state index is 14.2. The molecule has 0 atom stereocenters. The molecule has 26 heavy (non-hydrogen) atoms. The van der Waals surface area contributed by atoms with Crippen LogP contribution in [0.4, 0.5) is 17.6 Å². The maximum Gasteiger partial charge on any atom is 0.418 e. The molecule has 1 aromatic carbocycles. The Balaban J connectivity index is 2.06. The Morgan fingerprint density at radius 2 is 1.81 bits per heavy atom. The average Bonchev–Trinajstić information content (AvgIpc) is 2.58. The molecule has 2 aromatic heterocycles. The van der Waals surface area contributed by atoms with Gasteiger partial charge in [-0.3, -0.25) is 4.79 Å². The van der Waals surface area contributed by atoms with Gasteiger partial charge in [0.1, 0.15) is 5.69 Å². The molecule has 0 aliphatic rings. The summed E-state index contributed by atoms with van der Waals surface area (Å²) in [5.74, 6) is -1.09. The standard InChI is InChI=1S/C15H7ClF4N4O2/c16-9-5-10(17)11(6-12(9)26-14-21-2-1-3-22-14)24-13(25)4-8(7-23-24)15(18,19)20/h1-7H. The summed E-state index contributed by atoms with van der Waals surface area (Å²) >= 11 is 5.89. The smallest absolute Gasteiger partial charge is 0.418 e. The predicted molar refractivity (Wildman–Crippen MR) is 81.9 cm³/mol. The van der Waals surface area contributed by atoms with Crippen LogP contribution in [0.3, 0.4) is 0 Å². The first kappa shape index (κ1) is 17.8. The summed E-state index contributed by atoms with van der Waals surface area (Å²) < 4.78 is 57.8. The van der Waals surface area contributed by atoms with Crippen LogP contribution in [0, 0.1) is 5.82 Å². The van der Waals surface area contributed by atoms with Crippen molar-refractivity contribution < 1.29 is 22.3 Å². The molecular formula is C15H7ClF4N4O2. The van der Waals surface area contributed by atoms with Gasteiger partial charge in [0.25, 0.3) is 5.56 Å². The molecule has 0 N–H and O–H groups in total. The van der Waals surface area contributed by atoms with Gasteiger partial charge in [-0.15, -0.1) is 0 Å². The molecule has 6 nitrogen and oxygen atoms in total. The van der Waals surface area contributed by atoms with Crippen molar-refractivity contribution in [1.29, 1.82) is 0 Å². The van der Waals surface area contributed by atoms with E-state index in [0.717, 1.165) is 12.1 Å². The molecule has 0 radical (unpaired) electrons. The Bertz CT molecular complexity index is 1010. The van der Waals surface area contributed by atoms with Gasteiger partial charge >= 0.3 is 12.2 Å². The first-order valence-electron chi connectivity index (χ1n) is 6.86. The van der Waals surface area contributed by atoms with Crippen molar-refractivity contribution in [3.05, 3.63) is 69.6 Å². The van der Waals surface area contributed by atoms with Crippen LogP contribution >= 0.6 is 11.6 Å². The third kappa shape index (κ3) is 3.64. The van der Waals surface area contributed by atoms with Crippen molar-refractivity contribution in [1.82, 2.24) is 19.7 Å². The molecule has 11 heteroatoms. The van der Waals surface area contributed by atoms with Crippen molar-refractivity contribution in [2.75, 3.05) is 0 Å². The summed E-state index contributed by atoms with van der Waals surface area (Å²) in [6, 6.07) is 3.59. The first-order valence-corrected chi connectivity index (χ1v) is 7.24. The SMILES string of the molecule is O=c1cc(C(F)(F)F)cnn1-c1cc(Oc2ncccn2)c(Cl)cc1F. The van der Waals surface area contributed by atoms with E-state index in [1.807, 2.05) is 0 Å². The maximum atomic E-state index is 14.2. The van der Waals surface area contributed by atoms with Crippen LogP contribution in [0.2, 0.25) is 5.02 Å². The molecule has 0 saturated carbocycles. The lowest BCUT2D eigenvalue weighted by Crippen LogP contribution is -2.24. The average molecular weight is 387 g/mol. The third-order valence-electron chi connectivity index (χ3n) is 3.10. The van der Waals surface area contributed by atoms with E-state index in [-0.39, 0.29) is 16.8 Å². The highest BCUT2D eigenvalue weighted by atomic mass is 35.5. The number of hydrogen-bond donors (Lipinski definition) is 0. The lowest BCUT2D eigenvalue weighted by molar-refractivity contribution is -0.138. The minimum atomic E-state index is -4.75. The van der Waals surface area contributed by atoms with E-state index in [1.165, 1.54) is 18.5 Å².